The van der Waals surface area contributed by atoms with E-state index in [0.717, 1.165) is 0 Å². The maximum absolute atomic E-state index is 12.2. The van der Waals surface area contributed by atoms with Gasteiger partial charge in [-0.1, -0.05) is 0 Å². The zero-order valence-electron chi connectivity index (χ0n) is 6.67. The van der Waals surface area contributed by atoms with E-state index in [0.29, 0.717) is 6.92 Å². The van der Waals surface area contributed by atoms with E-state index in [2.05, 4.69) is 4.74 Å². The van der Waals surface area contributed by atoms with Gasteiger partial charge in [0.15, 0.2) is 6.17 Å². The SMILES string of the molecule is CC(F)C(F)(F)OCCC(F)(F)F. The van der Waals surface area contributed by atoms with Crippen LogP contribution in [0.4, 0.5) is 26.3 Å². The van der Waals surface area contributed by atoms with Gasteiger partial charge in [0.1, 0.15) is 0 Å². The molecule has 0 radical (unpaired) electrons. The van der Waals surface area contributed by atoms with Crippen molar-refractivity contribution in [3.05, 3.63) is 0 Å². The molecule has 0 saturated heterocycles. The Balaban J connectivity index is 3.77. The normalized spacial score (nSPS) is 15.9. The molecule has 13 heavy (non-hydrogen) atoms. The molecule has 0 aromatic heterocycles. The lowest BCUT2D eigenvalue weighted by Gasteiger charge is -2.18. The van der Waals surface area contributed by atoms with E-state index in [9.17, 15) is 26.3 Å². The zero-order chi connectivity index (χ0) is 10.7. The highest BCUT2D eigenvalue weighted by Gasteiger charge is 2.39. The Bertz CT molecular complexity index is 152. The molecular formula is C6H8F6O. The lowest BCUT2D eigenvalue weighted by Crippen LogP contribution is -2.32. The summed E-state index contributed by atoms with van der Waals surface area (Å²) in [6.07, 6.45) is -12.9. The average Bonchev–Trinajstić information content (AvgIpc) is 1.82. The molecule has 7 heteroatoms. The van der Waals surface area contributed by atoms with Crippen molar-refractivity contribution in [2.75, 3.05) is 6.61 Å². The van der Waals surface area contributed by atoms with E-state index in [4.69, 9.17) is 0 Å². The summed E-state index contributed by atoms with van der Waals surface area (Å²) in [6, 6.07) is 0. The number of hydrogen-bond donors (Lipinski definition) is 0. The van der Waals surface area contributed by atoms with Crippen molar-refractivity contribution in [1.82, 2.24) is 0 Å². The lowest BCUT2D eigenvalue weighted by molar-refractivity contribution is -0.278. The second-order valence-electron chi connectivity index (χ2n) is 2.39. The third kappa shape index (κ3) is 5.73. The fourth-order valence-electron chi connectivity index (χ4n) is 0.418. The van der Waals surface area contributed by atoms with Gasteiger partial charge in [0.05, 0.1) is 13.0 Å². The minimum absolute atomic E-state index is 0.508. The topological polar surface area (TPSA) is 9.23 Å². The Kier molecular flexibility index (Phi) is 4.02. The van der Waals surface area contributed by atoms with Gasteiger partial charge in [-0.2, -0.15) is 22.0 Å². The molecule has 0 N–H and O–H groups in total. The number of alkyl halides is 6. The Morgan fingerprint density at radius 2 is 1.62 bits per heavy atom. The van der Waals surface area contributed by atoms with Crippen LogP contribution in [0.1, 0.15) is 13.3 Å². The molecule has 0 amide bonds. The third-order valence-electron chi connectivity index (χ3n) is 1.14. The predicted octanol–water partition coefficient (Wildman–Crippen LogP) is 2.91. The summed E-state index contributed by atoms with van der Waals surface area (Å²) in [7, 11) is 0. The Labute approximate surface area is 70.7 Å². The molecule has 0 heterocycles. The molecule has 1 atom stereocenters. The number of halogens is 6. The molecular weight excluding hydrogens is 202 g/mol. The highest BCUT2D eigenvalue weighted by molar-refractivity contribution is 4.61. The van der Waals surface area contributed by atoms with Crippen LogP contribution >= 0.6 is 0 Å². The lowest BCUT2D eigenvalue weighted by atomic mass is 10.4. The maximum atomic E-state index is 12.2. The van der Waals surface area contributed by atoms with Crippen molar-refractivity contribution in [1.29, 1.82) is 0 Å². The molecule has 0 aliphatic heterocycles. The molecule has 0 fully saturated rings. The van der Waals surface area contributed by atoms with Crippen molar-refractivity contribution in [3.8, 4) is 0 Å². The van der Waals surface area contributed by atoms with Gasteiger partial charge >= 0.3 is 12.3 Å². The molecule has 0 spiro atoms. The molecule has 80 valence electrons. The first-order chi connectivity index (χ1) is 5.65. The minimum Gasteiger partial charge on any atom is -0.318 e. The Morgan fingerprint density at radius 3 is 1.92 bits per heavy atom. The highest BCUT2D eigenvalue weighted by Crippen LogP contribution is 2.25. The zero-order valence-corrected chi connectivity index (χ0v) is 6.67. The van der Waals surface area contributed by atoms with Gasteiger partial charge in [-0.25, -0.2) is 4.39 Å². The van der Waals surface area contributed by atoms with E-state index in [1.807, 2.05) is 0 Å². The third-order valence-corrected chi connectivity index (χ3v) is 1.14. The summed E-state index contributed by atoms with van der Waals surface area (Å²) < 4.78 is 73.9. The van der Waals surface area contributed by atoms with Gasteiger partial charge in [-0.05, 0) is 6.92 Å². The van der Waals surface area contributed by atoms with Gasteiger partial charge in [0, 0.05) is 0 Å². The smallest absolute Gasteiger partial charge is 0.318 e. The monoisotopic (exact) mass is 210 g/mol. The summed E-state index contributed by atoms with van der Waals surface area (Å²) >= 11 is 0. The quantitative estimate of drug-likeness (QED) is 0.648. The van der Waals surface area contributed by atoms with Crippen LogP contribution in [-0.2, 0) is 4.74 Å². The number of ether oxygens (including phenoxy) is 1. The summed E-state index contributed by atoms with van der Waals surface area (Å²) in [5, 5.41) is 0. The molecule has 0 aliphatic carbocycles. The number of hydrogen-bond acceptors (Lipinski definition) is 1. The molecule has 0 aromatic carbocycles. The fourth-order valence-corrected chi connectivity index (χ4v) is 0.418. The van der Waals surface area contributed by atoms with Gasteiger partial charge in [-0.15, -0.1) is 0 Å². The van der Waals surface area contributed by atoms with Crippen molar-refractivity contribution >= 4 is 0 Å². The molecule has 0 aromatic rings. The standard InChI is InChI=1S/C6H8F6O/c1-4(7)6(11,12)13-3-2-5(8,9)10/h4H,2-3H2,1H3. The molecule has 1 unspecified atom stereocenters. The van der Waals surface area contributed by atoms with Gasteiger partial charge in [0.2, 0.25) is 0 Å². The van der Waals surface area contributed by atoms with Gasteiger partial charge < -0.3 is 4.74 Å². The summed E-state index contributed by atoms with van der Waals surface area (Å²) in [5.41, 5.74) is 0. The van der Waals surface area contributed by atoms with E-state index >= 15 is 0 Å². The average molecular weight is 210 g/mol. The predicted molar refractivity (Wildman–Crippen MR) is 32.1 cm³/mol. The van der Waals surface area contributed by atoms with Crippen LogP contribution in [0.3, 0.4) is 0 Å². The summed E-state index contributed by atoms with van der Waals surface area (Å²) in [4.78, 5) is 0. The second kappa shape index (κ2) is 4.17. The fraction of sp³-hybridized carbons (Fsp3) is 1.00. The van der Waals surface area contributed by atoms with Crippen molar-refractivity contribution in [2.45, 2.75) is 31.8 Å². The first kappa shape index (κ1) is 12.5. The number of rotatable bonds is 4. The summed E-state index contributed by atoms with van der Waals surface area (Å²) in [5.74, 6) is 0. The molecule has 1 nitrogen and oxygen atoms in total. The van der Waals surface area contributed by atoms with Crippen LogP contribution in [0.15, 0.2) is 0 Å². The molecule has 0 saturated carbocycles. The van der Waals surface area contributed by atoms with Crippen LogP contribution in [0.2, 0.25) is 0 Å². The van der Waals surface area contributed by atoms with Crippen LogP contribution in [0.5, 0.6) is 0 Å². The van der Waals surface area contributed by atoms with Gasteiger partial charge in [-0.3, -0.25) is 0 Å². The van der Waals surface area contributed by atoms with E-state index in [-0.39, 0.29) is 0 Å². The Morgan fingerprint density at radius 1 is 1.15 bits per heavy atom. The molecule has 0 bridgehead atoms. The first-order valence-electron chi connectivity index (χ1n) is 3.38. The highest BCUT2D eigenvalue weighted by atomic mass is 19.4. The molecule has 0 rings (SSSR count). The van der Waals surface area contributed by atoms with Crippen LogP contribution in [0, 0.1) is 0 Å². The van der Waals surface area contributed by atoms with E-state index in [1.54, 1.807) is 0 Å². The second-order valence-corrected chi connectivity index (χ2v) is 2.39. The van der Waals surface area contributed by atoms with Crippen molar-refractivity contribution in [2.24, 2.45) is 0 Å². The maximum Gasteiger partial charge on any atom is 0.391 e. The van der Waals surface area contributed by atoms with Crippen LogP contribution in [0.25, 0.3) is 0 Å². The minimum atomic E-state index is -4.57. The van der Waals surface area contributed by atoms with Gasteiger partial charge in [0.25, 0.3) is 0 Å². The molecule has 0 aliphatic rings. The largest absolute Gasteiger partial charge is 0.391 e. The van der Waals surface area contributed by atoms with Crippen LogP contribution < -0.4 is 0 Å². The van der Waals surface area contributed by atoms with Crippen molar-refractivity contribution in [3.63, 3.8) is 0 Å². The van der Waals surface area contributed by atoms with E-state index < -0.39 is 31.5 Å². The summed E-state index contributed by atoms with van der Waals surface area (Å²) in [6.45, 7) is -0.738. The van der Waals surface area contributed by atoms with Crippen molar-refractivity contribution < 1.29 is 31.1 Å². The van der Waals surface area contributed by atoms with Crippen LogP contribution in [-0.4, -0.2) is 25.1 Å². The first-order valence-corrected chi connectivity index (χ1v) is 3.38. The van der Waals surface area contributed by atoms with E-state index in [1.165, 1.54) is 0 Å². The Hall–Kier alpha value is -0.460.